The molecule has 0 amide bonds. The summed E-state index contributed by atoms with van der Waals surface area (Å²) in [4.78, 5) is 0. The van der Waals surface area contributed by atoms with E-state index in [0.29, 0.717) is 13.2 Å². The molecular weight excluding hydrogens is 168 g/mol. The zero-order chi connectivity index (χ0) is 8.93. The van der Waals surface area contributed by atoms with Crippen LogP contribution in [0, 0.1) is 6.07 Å². The molecule has 1 aliphatic heterocycles. The predicted octanol–water partition coefficient (Wildman–Crippen LogP) is 1.59. The monoisotopic (exact) mass is 179 g/mol. The van der Waals surface area contributed by atoms with Crippen LogP contribution >= 0.6 is 0 Å². The van der Waals surface area contributed by atoms with Gasteiger partial charge in [-0.2, -0.15) is 0 Å². The SMILES string of the molecule is [c]1ccc(OC2OCCCO2)cc1. The second kappa shape index (κ2) is 4.25. The van der Waals surface area contributed by atoms with Gasteiger partial charge in [-0.25, -0.2) is 0 Å². The summed E-state index contributed by atoms with van der Waals surface area (Å²) in [5.41, 5.74) is 0. The molecule has 0 N–H and O–H groups in total. The van der Waals surface area contributed by atoms with Gasteiger partial charge in [-0.1, -0.05) is 12.1 Å². The Labute approximate surface area is 77.2 Å². The summed E-state index contributed by atoms with van der Waals surface area (Å²) >= 11 is 0. The van der Waals surface area contributed by atoms with E-state index in [1.807, 2.05) is 12.1 Å². The predicted molar refractivity (Wildman–Crippen MR) is 46.2 cm³/mol. The highest BCUT2D eigenvalue weighted by Gasteiger charge is 2.14. The molecule has 0 bridgehead atoms. The highest BCUT2D eigenvalue weighted by Crippen LogP contribution is 2.14. The molecule has 69 valence electrons. The first-order valence-corrected chi connectivity index (χ1v) is 4.31. The fraction of sp³-hybridized carbons (Fsp3) is 0.400. The maximum absolute atomic E-state index is 5.39. The highest BCUT2D eigenvalue weighted by molar-refractivity contribution is 5.20. The molecule has 13 heavy (non-hydrogen) atoms. The topological polar surface area (TPSA) is 27.7 Å². The smallest absolute Gasteiger partial charge is 0.315 e. The van der Waals surface area contributed by atoms with Gasteiger partial charge in [0.05, 0.1) is 13.2 Å². The summed E-state index contributed by atoms with van der Waals surface area (Å²) in [6, 6.07) is 10.1. The Morgan fingerprint density at radius 3 is 2.62 bits per heavy atom. The minimum absolute atomic E-state index is 0.545. The van der Waals surface area contributed by atoms with E-state index in [0.717, 1.165) is 12.2 Å². The molecule has 3 heteroatoms. The average Bonchev–Trinajstić information content (AvgIpc) is 2.21. The van der Waals surface area contributed by atoms with Gasteiger partial charge in [-0.3, -0.25) is 0 Å². The lowest BCUT2D eigenvalue weighted by Gasteiger charge is -2.23. The molecule has 0 spiro atoms. The van der Waals surface area contributed by atoms with Crippen LogP contribution in [-0.4, -0.2) is 19.7 Å². The lowest BCUT2D eigenvalue weighted by atomic mass is 10.3. The van der Waals surface area contributed by atoms with Gasteiger partial charge in [-0.05, 0) is 24.6 Å². The van der Waals surface area contributed by atoms with Crippen LogP contribution in [0.25, 0.3) is 0 Å². The summed E-state index contributed by atoms with van der Waals surface area (Å²) < 4.78 is 15.8. The van der Waals surface area contributed by atoms with Gasteiger partial charge in [0.2, 0.25) is 0 Å². The maximum atomic E-state index is 5.39. The minimum atomic E-state index is -0.545. The van der Waals surface area contributed by atoms with Crippen molar-refractivity contribution in [1.82, 2.24) is 0 Å². The van der Waals surface area contributed by atoms with Gasteiger partial charge >= 0.3 is 6.48 Å². The van der Waals surface area contributed by atoms with Crippen molar-refractivity contribution < 1.29 is 14.2 Å². The van der Waals surface area contributed by atoms with E-state index in [1.165, 1.54) is 0 Å². The molecule has 2 rings (SSSR count). The van der Waals surface area contributed by atoms with Crippen molar-refractivity contribution in [3.63, 3.8) is 0 Å². The Hall–Kier alpha value is -1.06. The minimum Gasteiger partial charge on any atom is -0.441 e. The molecule has 1 aromatic carbocycles. The number of ether oxygens (including phenoxy) is 3. The molecule has 0 atom stereocenters. The molecule has 1 aromatic rings. The van der Waals surface area contributed by atoms with E-state index in [1.54, 1.807) is 12.1 Å². The van der Waals surface area contributed by atoms with Crippen molar-refractivity contribution in [2.24, 2.45) is 0 Å². The summed E-state index contributed by atoms with van der Waals surface area (Å²) in [5.74, 6) is 0.741. The molecule has 1 saturated heterocycles. The molecule has 3 nitrogen and oxygen atoms in total. The molecule has 1 heterocycles. The maximum Gasteiger partial charge on any atom is 0.315 e. The molecule has 0 unspecified atom stereocenters. The van der Waals surface area contributed by atoms with Crippen molar-refractivity contribution in [2.45, 2.75) is 12.9 Å². The number of hydrogen-bond donors (Lipinski definition) is 0. The zero-order valence-electron chi connectivity index (χ0n) is 7.23. The lowest BCUT2D eigenvalue weighted by molar-refractivity contribution is -0.272. The van der Waals surface area contributed by atoms with Crippen LogP contribution in [0.2, 0.25) is 0 Å². The number of hydrogen-bond acceptors (Lipinski definition) is 3. The molecule has 1 radical (unpaired) electrons. The average molecular weight is 179 g/mol. The van der Waals surface area contributed by atoms with Crippen LogP contribution in [0.1, 0.15) is 6.42 Å². The van der Waals surface area contributed by atoms with E-state index in [4.69, 9.17) is 14.2 Å². The van der Waals surface area contributed by atoms with Crippen LogP contribution in [0.15, 0.2) is 24.3 Å². The Morgan fingerprint density at radius 2 is 1.92 bits per heavy atom. The summed E-state index contributed by atoms with van der Waals surface area (Å²) in [6.07, 6.45) is 0.933. The Bertz CT molecular complexity index is 242. The summed E-state index contributed by atoms with van der Waals surface area (Å²) in [6.45, 7) is 0.851. The largest absolute Gasteiger partial charge is 0.441 e. The third-order valence-electron chi connectivity index (χ3n) is 1.72. The van der Waals surface area contributed by atoms with Gasteiger partial charge in [0.1, 0.15) is 5.75 Å². The van der Waals surface area contributed by atoms with Gasteiger partial charge in [0.25, 0.3) is 0 Å². The van der Waals surface area contributed by atoms with Crippen LogP contribution in [0.3, 0.4) is 0 Å². The first-order valence-electron chi connectivity index (χ1n) is 4.31. The first-order chi connectivity index (χ1) is 6.45. The van der Waals surface area contributed by atoms with Crippen molar-refractivity contribution in [3.8, 4) is 5.75 Å². The number of rotatable bonds is 2. The van der Waals surface area contributed by atoms with Gasteiger partial charge in [0, 0.05) is 0 Å². The normalized spacial score (nSPS) is 18.5. The Morgan fingerprint density at radius 1 is 1.23 bits per heavy atom. The van der Waals surface area contributed by atoms with Gasteiger partial charge in [0.15, 0.2) is 0 Å². The quantitative estimate of drug-likeness (QED) is 0.690. The summed E-state index contributed by atoms with van der Waals surface area (Å²) in [5, 5.41) is 0. The van der Waals surface area contributed by atoms with Gasteiger partial charge in [-0.15, -0.1) is 0 Å². The van der Waals surface area contributed by atoms with E-state index in [9.17, 15) is 0 Å². The molecular formula is C10H11O3. The zero-order valence-corrected chi connectivity index (χ0v) is 7.23. The van der Waals surface area contributed by atoms with Crippen LogP contribution < -0.4 is 4.74 Å². The van der Waals surface area contributed by atoms with E-state index in [-0.39, 0.29) is 0 Å². The third-order valence-corrected chi connectivity index (χ3v) is 1.72. The Balaban J connectivity index is 1.90. The Kier molecular flexibility index (Phi) is 2.79. The molecule has 0 saturated carbocycles. The third kappa shape index (κ3) is 2.44. The van der Waals surface area contributed by atoms with Crippen molar-refractivity contribution in [1.29, 1.82) is 0 Å². The van der Waals surface area contributed by atoms with Crippen LogP contribution in [0.4, 0.5) is 0 Å². The van der Waals surface area contributed by atoms with E-state index < -0.39 is 6.48 Å². The van der Waals surface area contributed by atoms with Crippen LogP contribution in [-0.2, 0) is 9.47 Å². The standard InChI is InChI=1S/C10H11O3/c1-2-5-9(6-3-1)13-10-11-7-4-8-12-10/h2-3,5-6,10H,4,7-8H2. The second-order valence-corrected chi connectivity index (χ2v) is 2.74. The highest BCUT2D eigenvalue weighted by atomic mass is 16.8. The first kappa shape index (κ1) is 8.53. The molecule has 0 aromatic heterocycles. The lowest BCUT2D eigenvalue weighted by Crippen LogP contribution is -2.29. The second-order valence-electron chi connectivity index (χ2n) is 2.74. The van der Waals surface area contributed by atoms with Crippen molar-refractivity contribution in [3.05, 3.63) is 30.3 Å². The fourth-order valence-electron chi connectivity index (χ4n) is 1.10. The van der Waals surface area contributed by atoms with Crippen LogP contribution in [0.5, 0.6) is 5.75 Å². The molecule has 1 fully saturated rings. The molecule has 1 aliphatic rings. The van der Waals surface area contributed by atoms with E-state index in [2.05, 4.69) is 6.07 Å². The van der Waals surface area contributed by atoms with Crippen molar-refractivity contribution in [2.75, 3.05) is 13.2 Å². The fourth-order valence-corrected chi connectivity index (χ4v) is 1.10. The van der Waals surface area contributed by atoms with Crippen molar-refractivity contribution >= 4 is 0 Å². The number of benzene rings is 1. The summed E-state index contributed by atoms with van der Waals surface area (Å²) in [7, 11) is 0. The molecule has 0 aliphatic carbocycles. The van der Waals surface area contributed by atoms with Gasteiger partial charge < -0.3 is 14.2 Å². The van der Waals surface area contributed by atoms with E-state index >= 15 is 0 Å².